The van der Waals surface area contributed by atoms with E-state index in [-0.39, 0.29) is 17.6 Å². The first-order valence-corrected chi connectivity index (χ1v) is 5.48. The van der Waals surface area contributed by atoms with Crippen molar-refractivity contribution in [2.45, 2.75) is 13.8 Å². The van der Waals surface area contributed by atoms with E-state index >= 15 is 0 Å². The Balaban J connectivity index is 2.86. The highest BCUT2D eigenvalue weighted by Crippen LogP contribution is 2.18. The van der Waals surface area contributed by atoms with Gasteiger partial charge in [-0.05, 0) is 30.2 Å². The Morgan fingerprint density at radius 3 is 2.25 bits per heavy atom. The number of Topliss-reactive ketones (excluding diaryl/α,β-unsaturated/α-hetero) is 1. The van der Waals surface area contributed by atoms with Crippen molar-refractivity contribution in [3.8, 4) is 5.75 Å². The van der Waals surface area contributed by atoms with Gasteiger partial charge in [0.05, 0.1) is 7.11 Å². The minimum absolute atomic E-state index is 0.103. The molecule has 0 fully saturated rings. The molecule has 0 amide bonds. The molecule has 88 valence electrons. The molecule has 0 aliphatic rings. The molecule has 0 saturated heterocycles. The Morgan fingerprint density at radius 2 is 1.88 bits per heavy atom. The van der Waals surface area contributed by atoms with Crippen molar-refractivity contribution in [1.82, 2.24) is 0 Å². The van der Waals surface area contributed by atoms with Gasteiger partial charge in [-0.15, -0.1) is 0 Å². The topological polar surface area (TPSA) is 52.3 Å². The summed E-state index contributed by atoms with van der Waals surface area (Å²) < 4.78 is 5.05. The number of ether oxygens (including phenoxy) is 1. The number of methoxy groups -OCH3 is 1. The van der Waals surface area contributed by atoms with Crippen LogP contribution in [0.3, 0.4) is 0 Å². The van der Waals surface area contributed by atoms with Gasteiger partial charge in [0.25, 0.3) is 0 Å². The molecule has 0 saturated carbocycles. The second-order valence-corrected chi connectivity index (χ2v) is 4.18. The van der Waals surface area contributed by atoms with E-state index in [9.17, 15) is 4.79 Å². The van der Waals surface area contributed by atoms with Gasteiger partial charge in [0, 0.05) is 18.0 Å². The largest absolute Gasteiger partial charge is 0.497 e. The van der Waals surface area contributed by atoms with Crippen LogP contribution in [-0.2, 0) is 0 Å². The maximum absolute atomic E-state index is 12.1. The number of carbonyl (C=O) groups is 1. The smallest absolute Gasteiger partial charge is 0.167 e. The summed E-state index contributed by atoms with van der Waals surface area (Å²) in [6.45, 7) is 4.42. The Kier molecular flexibility index (Phi) is 4.50. The molecule has 1 atom stereocenters. The SMILES string of the molecule is COc1ccc(C(=O)C(CN)C(C)C)cc1. The van der Waals surface area contributed by atoms with Crippen LogP contribution in [0.25, 0.3) is 0 Å². The Bertz CT molecular complexity index is 343. The quantitative estimate of drug-likeness (QED) is 0.775. The average Bonchev–Trinajstić information content (AvgIpc) is 2.29. The predicted octanol–water partition coefficient (Wildman–Crippen LogP) is 2.11. The first kappa shape index (κ1) is 12.7. The van der Waals surface area contributed by atoms with Crippen LogP contribution in [0.2, 0.25) is 0 Å². The molecule has 0 aliphatic carbocycles. The Morgan fingerprint density at radius 1 is 1.31 bits per heavy atom. The van der Waals surface area contributed by atoms with E-state index < -0.39 is 0 Å². The third-order valence-corrected chi connectivity index (χ3v) is 2.77. The van der Waals surface area contributed by atoms with E-state index in [4.69, 9.17) is 10.5 Å². The fraction of sp³-hybridized carbons (Fsp3) is 0.462. The van der Waals surface area contributed by atoms with Gasteiger partial charge >= 0.3 is 0 Å². The normalized spacial score (nSPS) is 12.6. The zero-order valence-corrected chi connectivity index (χ0v) is 10.1. The van der Waals surface area contributed by atoms with Crippen molar-refractivity contribution >= 4 is 5.78 Å². The van der Waals surface area contributed by atoms with E-state index in [2.05, 4.69) is 0 Å². The number of rotatable bonds is 5. The number of hydrogen-bond acceptors (Lipinski definition) is 3. The first-order chi connectivity index (χ1) is 7.60. The van der Waals surface area contributed by atoms with Crippen LogP contribution in [0.5, 0.6) is 5.75 Å². The van der Waals surface area contributed by atoms with Crippen LogP contribution >= 0.6 is 0 Å². The third-order valence-electron chi connectivity index (χ3n) is 2.77. The van der Waals surface area contributed by atoms with Gasteiger partial charge in [-0.25, -0.2) is 0 Å². The highest BCUT2D eigenvalue weighted by Gasteiger charge is 2.21. The zero-order chi connectivity index (χ0) is 12.1. The summed E-state index contributed by atoms with van der Waals surface area (Å²) in [5.41, 5.74) is 6.32. The summed E-state index contributed by atoms with van der Waals surface area (Å²) in [6.07, 6.45) is 0. The molecule has 3 nitrogen and oxygen atoms in total. The van der Waals surface area contributed by atoms with Crippen LogP contribution in [0.15, 0.2) is 24.3 Å². The van der Waals surface area contributed by atoms with Crippen LogP contribution in [0.1, 0.15) is 24.2 Å². The van der Waals surface area contributed by atoms with Gasteiger partial charge in [-0.3, -0.25) is 4.79 Å². The molecule has 0 heterocycles. The molecule has 1 aromatic rings. The van der Waals surface area contributed by atoms with E-state index in [1.165, 1.54) is 0 Å². The molecule has 0 aliphatic heterocycles. The van der Waals surface area contributed by atoms with Crippen molar-refractivity contribution in [3.05, 3.63) is 29.8 Å². The molecule has 0 spiro atoms. The Labute approximate surface area is 96.6 Å². The van der Waals surface area contributed by atoms with Crippen molar-refractivity contribution in [1.29, 1.82) is 0 Å². The fourth-order valence-corrected chi connectivity index (χ4v) is 1.65. The minimum atomic E-state index is -0.103. The van der Waals surface area contributed by atoms with Gasteiger partial charge in [0.1, 0.15) is 5.75 Å². The summed E-state index contributed by atoms with van der Waals surface area (Å²) in [5, 5.41) is 0. The maximum atomic E-state index is 12.1. The van der Waals surface area contributed by atoms with E-state index in [1.54, 1.807) is 31.4 Å². The van der Waals surface area contributed by atoms with Crippen LogP contribution in [0.4, 0.5) is 0 Å². The lowest BCUT2D eigenvalue weighted by molar-refractivity contribution is 0.0892. The van der Waals surface area contributed by atoms with Crippen LogP contribution in [0, 0.1) is 11.8 Å². The standard InChI is InChI=1S/C13H19NO2/c1-9(2)12(8-14)13(15)10-4-6-11(16-3)7-5-10/h4-7,9,12H,8,14H2,1-3H3. The van der Waals surface area contributed by atoms with Gasteiger partial charge in [0.15, 0.2) is 5.78 Å². The molecule has 0 radical (unpaired) electrons. The Hall–Kier alpha value is -1.35. The van der Waals surface area contributed by atoms with Crippen LogP contribution in [-0.4, -0.2) is 19.4 Å². The average molecular weight is 221 g/mol. The fourth-order valence-electron chi connectivity index (χ4n) is 1.65. The van der Waals surface area contributed by atoms with Crippen LogP contribution < -0.4 is 10.5 Å². The summed E-state index contributed by atoms with van der Waals surface area (Å²) >= 11 is 0. The molecular formula is C13H19NO2. The predicted molar refractivity (Wildman–Crippen MR) is 64.7 cm³/mol. The number of nitrogens with two attached hydrogens (primary N) is 1. The van der Waals surface area contributed by atoms with E-state index in [0.717, 1.165) is 5.75 Å². The van der Waals surface area contributed by atoms with Crippen molar-refractivity contribution in [2.24, 2.45) is 17.6 Å². The zero-order valence-electron chi connectivity index (χ0n) is 10.1. The number of ketones is 1. The third kappa shape index (κ3) is 2.83. The number of hydrogen-bond donors (Lipinski definition) is 1. The molecule has 3 heteroatoms. The summed E-state index contributed by atoms with van der Waals surface area (Å²) in [7, 11) is 1.60. The minimum Gasteiger partial charge on any atom is -0.497 e. The molecule has 1 rings (SSSR count). The first-order valence-electron chi connectivity index (χ1n) is 5.48. The summed E-state index contributed by atoms with van der Waals surface area (Å²) in [5.74, 6) is 1.03. The van der Waals surface area contributed by atoms with Gasteiger partial charge in [-0.2, -0.15) is 0 Å². The van der Waals surface area contributed by atoms with E-state index in [0.29, 0.717) is 12.1 Å². The molecule has 0 bridgehead atoms. The monoisotopic (exact) mass is 221 g/mol. The van der Waals surface area contributed by atoms with Gasteiger partial charge < -0.3 is 10.5 Å². The lowest BCUT2D eigenvalue weighted by Gasteiger charge is -2.17. The highest BCUT2D eigenvalue weighted by atomic mass is 16.5. The van der Waals surface area contributed by atoms with Gasteiger partial charge in [-0.1, -0.05) is 13.8 Å². The van der Waals surface area contributed by atoms with Gasteiger partial charge in [0.2, 0.25) is 0 Å². The molecule has 0 aromatic heterocycles. The molecule has 1 unspecified atom stereocenters. The van der Waals surface area contributed by atoms with Crippen molar-refractivity contribution in [3.63, 3.8) is 0 Å². The molecule has 2 N–H and O–H groups in total. The second kappa shape index (κ2) is 5.66. The molecule has 16 heavy (non-hydrogen) atoms. The van der Waals surface area contributed by atoms with E-state index in [1.807, 2.05) is 13.8 Å². The number of carbonyl (C=O) groups excluding carboxylic acids is 1. The maximum Gasteiger partial charge on any atom is 0.167 e. The van der Waals surface area contributed by atoms with Crippen molar-refractivity contribution < 1.29 is 9.53 Å². The molecule has 1 aromatic carbocycles. The number of benzene rings is 1. The highest BCUT2D eigenvalue weighted by molar-refractivity contribution is 5.98. The summed E-state index contributed by atoms with van der Waals surface area (Å²) in [4.78, 5) is 12.1. The lowest BCUT2D eigenvalue weighted by atomic mass is 9.88. The summed E-state index contributed by atoms with van der Waals surface area (Å²) in [6, 6.07) is 7.15. The molecular weight excluding hydrogens is 202 g/mol. The second-order valence-electron chi connectivity index (χ2n) is 4.18. The van der Waals surface area contributed by atoms with Crippen molar-refractivity contribution in [2.75, 3.05) is 13.7 Å². The lowest BCUT2D eigenvalue weighted by Crippen LogP contribution is -2.28.